The molecule has 1 heterocycles. The minimum atomic E-state index is -1.70. The van der Waals surface area contributed by atoms with Crippen LogP contribution < -0.4 is 0 Å². The largest absolute Gasteiger partial charge is 0.434 e. The third kappa shape index (κ3) is 16.3. The molecule has 21 heteroatoms. The van der Waals surface area contributed by atoms with E-state index in [1.807, 2.05) is 0 Å². The summed E-state index contributed by atoms with van der Waals surface area (Å²) in [7, 11) is 0. The van der Waals surface area contributed by atoms with Crippen LogP contribution in [0.2, 0.25) is 0 Å². The Kier molecular flexibility index (Phi) is 20.0. The molecule has 5 N–H and O–H groups in total. The highest BCUT2D eigenvalue weighted by Gasteiger charge is 2.52. The van der Waals surface area contributed by atoms with E-state index < -0.39 is 129 Å². The number of hydrogen-bond donors (Lipinski definition) is 5. The lowest BCUT2D eigenvalue weighted by molar-refractivity contribution is -0.405. The zero-order chi connectivity index (χ0) is 40.0. The van der Waals surface area contributed by atoms with Gasteiger partial charge in [-0.2, -0.15) is 0 Å². The van der Waals surface area contributed by atoms with Gasteiger partial charge >= 0.3 is 29.8 Å². The van der Waals surface area contributed by atoms with Gasteiger partial charge in [-0.3, -0.25) is 0 Å². The van der Waals surface area contributed by atoms with E-state index in [1.165, 1.54) is 34.6 Å². The lowest BCUT2D eigenvalue weighted by Crippen LogP contribution is -2.61. The quantitative estimate of drug-likeness (QED) is 0.0503. The van der Waals surface area contributed by atoms with E-state index in [1.54, 1.807) is 0 Å². The summed E-state index contributed by atoms with van der Waals surface area (Å²) >= 11 is 0. The van der Waals surface area contributed by atoms with Crippen LogP contribution in [-0.4, -0.2) is 149 Å². The fourth-order valence-electron chi connectivity index (χ4n) is 4.14. The van der Waals surface area contributed by atoms with Crippen molar-refractivity contribution in [3.8, 4) is 0 Å². The summed E-state index contributed by atoms with van der Waals surface area (Å²) in [6.45, 7) is 11.5. The summed E-state index contributed by atoms with van der Waals surface area (Å²) in [6, 6.07) is 0. The molecule has 0 aliphatic carbocycles. The summed E-state index contributed by atoms with van der Waals surface area (Å²) in [5.41, 5.74) is 0. The van der Waals surface area contributed by atoms with Gasteiger partial charge in [0.15, 0.2) is 18.9 Å². The monoisotopic (exact) mass is 760 g/mol. The molecule has 52 heavy (non-hydrogen) atoms. The summed E-state index contributed by atoms with van der Waals surface area (Å²) in [6.07, 6.45) is -21.4. The van der Waals surface area contributed by atoms with Gasteiger partial charge in [0, 0.05) is 5.92 Å². The highest BCUT2D eigenvalue weighted by molar-refractivity contribution is 5.75. The SMILES string of the molecule is CC(OCC1C(OC(C)OC(=O)C(C)O)C(OC(C)OC(=O)C(C)O)OC(OC(C)OC(=O)C(C)O)C1OC(C)OC(=O)C(C)O)OC(=O)C(C)O. The summed E-state index contributed by atoms with van der Waals surface area (Å²) in [5, 5.41) is 48.2. The molecule has 0 spiro atoms. The number of carbonyl (C=O) groups excluding carboxylic acids is 5. The molecule has 0 aromatic heterocycles. The third-order valence-corrected chi connectivity index (χ3v) is 6.64. The van der Waals surface area contributed by atoms with E-state index in [0.29, 0.717) is 0 Å². The zero-order valence-electron chi connectivity index (χ0n) is 30.6. The number of esters is 5. The standard InChI is InChI=1S/C31H52O21/c1-12(32)25(37)45-17(6)42-11-22-23(43-18(7)46-26(38)13(2)33)30(50-20(9)48-28(40)15(4)35)52-31(51-21(10)49-29(41)16(5)36)24(22)44-19(8)47-27(39)14(3)34/h12-24,30-36H,11H2,1-10H3. The topological polar surface area (TPSA) is 288 Å². The molecule has 14 unspecified atom stereocenters. The Morgan fingerprint density at radius 3 is 0.962 bits per heavy atom. The molecule has 0 aromatic rings. The number of rotatable bonds is 21. The first-order valence-electron chi connectivity index (χ1n) is 16.4. The van der Waals surface area contributed by atoms with E-state index in [0.717, 1.165) is 34.6 Å². The predicted molar refractivity (Wildman–Crippen MR) is 166 cm³/mol. The number of aliphatic hydroxyl groups is 5. The van der Waals surface area contributed by atoms with E-state index in [4.69, 9.17) is 52.1 Å². The number of ether oxygens (including phenoxy) is 11. The van der Waals surface area contributed by atoms with Gasteiger partial charge in [0.2, 0.25) is 25.2 Å². The van der Waals surface area contributed by atoms with Gasteiger partial charge in [-0.25, -0.2) is 24.0 Å². The fourth-order valence-corrected chi connectivity index (χ4v) is 4.14. The van der Waals surface area contributed by atoms with Crippen molar-refractivity contribution in [2.45, 2.75) is 156 Å². The van der Waals surface area contributed by atoms with Crippen molar-refractivity contribution in [2.24, 2.45) is 5.92 Å². The summed E-state index contributed by atoms with van der Waals surface area (Å²) < 4.78 is 60.9. The van der Waals surface area contributed by atoms with Crippen LogP contribution in [0.25, 0.3) is 0 Å². The molecule has 0 radical (unpaired) electrons. The fraction of sp³-hybridized carbons (Fsp3) is 0.839. The molecule has 0 amide bonds. The predicted octanol–water partition coefficient (Wildman–Crippen LogP) is -1.54. The van der Waals surface area contributed by atoms with Crippen molar-refractivity contribution in [2.75, 3.05) is 6.61 Å². The number of aliphatic hydroxyl groups excluding tert-OH is 5. The van der Waals surface area contributed by atoms with Crippen LogP contribution in [0.4, 0.5) is 0 Å². The molecule has 302 valence electrons. The Morgan fingerprint density at radius 1 is 0.442 bits per heavy atom. The maximum atomic E-state index is 12.2. The molecule has 1 fully saturated rings. The first-order chi connectivity index (χ1) is 24.0. The molecular formula is C31H52O21. The summed E-state index contributed by atoms with van der Waals surface area (Å²) in [4.78, 5) is 60.7. The summed E-state index contributed by atoms with van der Waals surface area (Å²) in [5.74, 6) is -6.67. The van der Waals surface area contributed by atoms with Crippen molar-refractivity contribution in [3.05, 3.63) is 0 Å². The first kappa shape index (κ1) is 46.9. The van der Waals surface area contributed by atoms with Crippen LogP contribution in [0.5, 0.6) is 0 Å². The van der Waals surface area contributed by atoms with Crippen molar-refractivity contribution in [3.63, 3.8) is 0 Å². The Hall–Kier alpha value is -3.09. The molecule has 0 aromatic carbocycles. The Balaban J connectivity index is 3.77. The molecule has 1 rings (SSSR count). The van der Waals surface area contributed by atoms with Gasteiger partial charge in [-0.1, -0.05) is 0 Å². The molecular weight excluding hydrogens is 708 g/mol. The van der Waals surface area contributed by atoms with Crippen LogP contribution >= 0.6 is 0 Å². The van der Waals surface area contributed by atoms with Gasteiger partial charge in [-0.05, 0) is 69.2 Å². The minimum Gasteiger partial charge on any atom is -0.434 e. The molecule has 1 aliphatic rings. The maximum absolute atomic E-state index is 12.2. The minimum absolute atomic E-state index is 0.537. The smallest absolute Gasteiger partial charge is 0.336 e. The van der Waals surface area contributed by atoms with Crippen molar-refractivity contribution in [1.82, 2.24) is 0 Å². The maximum Gasteiger partial charge on any atom is 0.336 e. The average Bonchev–Trinajstić information content (AvgIpc) is 3.01. The molecule has 1 saturated heterocycles. The zero-order valence-corrected chi connectivity index (χ0v) is 30.6. The van der Waals surface area contributed by atoms with E-state index in [9.17, 15) is 49.5 Å². The highest BCUT2D eigenvalue weighted by atomic mass is 16.9. The van der Waals surface area contributed by atoms with Crippen LogP contribution in [0.15, 0.2) is 0 Å². The van der Waals surface area contributed by atoms with Crippen LogP contribution in [-0.2, 0) is 76.1 Å². The van der Waals surface area contributed by atoms with Gasteiger partial charge in [0.1, 0.15) is 42.7 Å². The number of carbonyl (C=O) groups is 5. The van der Waals surface area contributed by atoms with E-state index >= 15 is 0 Å². The second-order valence-electron chi connectivity index (χ2n) is 11.7. The normalized spacial score (nSPS) is 26.2. The lowest BCUT2D eigenvalue weighted by atomic mass is 9.92. The Morgan fingerprint density at radius 2 is 0.692 bits per heavy atom. The van der Waals surface area contributed by atoms with Gasteiger partial charge < -0.3 is 77.6 Å². The lowest BCUT2D eigenvalue weighted by Gasteiger charge is -2.47. The second kappa shape index (κ2) is 22.2. The van der Waals surface area contributed by atoms with Gasteiger partial charge in [0.25, 0.3) is 0 Å². The van der Waals surface area contributed by atoms with Crippen molar-refractivity contribution >= 4 is 29.8 Å². The first-order valence-corrected chi connectivity index (χ1v) is 16.4. The van der Waals surface area contributed by atoms with Crippen LogP contribution in [0.3, 0.4) is 0 Å². The van der Waals surface area contributed by atoms with Gasteiger partial charge in [0.05, 0.1) is 6.61 Å². The van der Waals surface area contributed by atoms with Crippen molar-refractivity contribution < 1.29 is 102 Å². The average molecular weight is 761 g/mol. The molecule has 14 atom stereocenters. The van der Waals surface area contributed by atoms with E-state index in [2.05, 4.69) is 0 Å². The third-order valence-electron chi connectivity index (χ3n) is 6.64. The molecule has 0 saturated carbocycles. The Labute approximate surface area is 300 Å². The van der Waals surface area contributed by atoms with Crippen molar-refractivity contribution in [1.29, 1.82) is 0 Å². The molecule has 1 aliphatic heterocycles. The van der Waals surface area contributed by atoms with Crippen LogP contribution in [0, 0.1) is 5.92 Å². The molecule has 21 nitrogen and oxygen atoms in total. The van der Waals surface area contributed by atoms with Gasteiger partial charge in [-0.15, -0.1) is 0 Å². The van der Waals surface area contributed by atoms with Crippen LogP contribution in [0.1, 0.15) is 69.2 Å². The molecule has 0 bridgehead atoms. The van der Waals surface area contributed by atoms with E-state index in [-0.39, 0.29) is 0 Å². The Bertz CT molecular complexity index is 1070. The number of hydrogen-bond acceptors (Lipinski definition) is 21. The second-order valence-corrected chi connectivity index (χ2v) is 11.7. The highest BCUT2D eigenvalue weighted by Crippen LogP contribution is 2.35.